The monoisotopic (exact) mass is 200 g/mol. The Labute approximate surface area is 90.1 Å². The number of likely N-dealkylation sites (tertiary alicyclic amines) is 1. The third kappa shape index (κ3) is 4.43. The first-order valence-electron chi connectivity index (χ1n) is 6.17. The lowest BCUT2D eigenvalue weighted by molar-refractivity contribution is 0.387. The molecule has 0 spiro atoms. The Morgan fingerprint density at radius 1 is 1.14 bits per heavy atom. The average Bonchev–Trinajstić information content (AvgIpc) is 2.59. The Bertz CT molecular complexity index is 125. The predicted molar refractivity (Wildman–Crippen MR) is 64.7 cm³/mol. The van der Waals surface area contributed by atoms with Crippen molar-refractivity contribution in [3.63, 3.8) is 0 Å². The van der Waals surface area contributed by atoms with Crippen LogP contribution in [0.2, 0.25) is 0 Å². The number of nitrogens with one attached hydrogen (secondary N) is 1. The average molecular weight is 200 g/mol. The van der Waals surface area contributed by atoms with E-state index in [2.05, 4.69) is 31.1 Å². The molecule has 1 N–H and O–H groups in total. The van der Waals surface area contributed by atoms with E-state index < -0.39 is 0 Å². The molecule has 0 bridgehead atoms. The van der Waals surface area contributed by atoms with Gasteiger partial charge in [-0.15, -0.1) is 0 Å². The van der Waals surface area contributed by atoms with Gasteiger partial charge >= 0.3 is 0 Å². The largest absolute Gasteiger partial charge is 0.317 e. The van der Waals surface area contributed by atoms with Crippen molar-refractivity contribution in [3.8, 4) is 0 Å². The van der Waals surface area contributed by atoms with Crippen LogP contribution in [-0.4, -0.2) is 38.1 Å². The highest BCUT2D eigenvalue weighted by molar-refractivity contribution is 4.82. The van der Waals surface area contributed by atoms with Crippen LogP contribution in [0.3, 0.4) is 0 Å². The molecule has 1 saturated heterocycles. The zero-order valence-electron chi connectivity index (χ0n) is 10.6. The van der Waals surface area contributed by atoms with E-state index in [1.54, 1.807) is 0 Å². The van der Waals surface area contributed by atoms with Crippen molar-refractivity contribution in [2.75, 3.05) is 33.2 Å². The zero-order chi connectivity index (χ0) is 11.0. The lowest BCUT2D eigenvalue weighted by Gasteiger charge is -2.16. The molecule has 2 heteroatoms. The fourth-order valence-corrected chi connectivity index (χ4v) is 2.20. The number of rotatable bonds is 4. The van der Waals surface area contributed by atoms with Crippen molar-refractivity contribution >= 4 is 0 Å². The van der Waals surface area contributed by atoms with Crippen LogP contribution in [0.25, 0.3) is 0 Å². The summed E-state index contributed by atoms with van der Waals surface area (Å²) in [5, 5.41) is 3.45. The van der Waals surface area contributed by atoms with E-state index in [-0.39, 0.29) is 0 Å². The Morgan fingerprint density at radius 3 is 2.21 bits per heavy atom. The molecule has 2 atom stereocenters. The van der Waals surface area contributed by atoms with Gasteiger partial charge in [-0.05, 0) is 32.0 Å². The molecule has 0 radical (unpaired) electrons. The van der Waals surface area contributed by atoms with Crippen LogP contribution in [0.15, 0.2) is 0 Å². The lowest BCUT2D eigenvalue weighted by atomic mass is 9.94. The molecule has 0 unspecified atom stereocenters. The molecule has 1 aliphatic rings. The molecule has 0 amide bonds. The SMILES string of the molecule is CC.CCNC[C@H]1CN(C)C[C@H]1CC. The second kappa shape index (κ2) is 8.25. The van der Waals surface area contributed by atoms with E-state index in [9.17, 15) is 0 Å². The fraction of sp³-hybridized carbons (Fsp3) is 1.00. The maximum absolute atomic E-state index is 3.45. The molecular weight excluding hydrogens is 172 g/mol. The van der Waals surface area contributed by atoms with Crippen LogP contribution in [-0.2, 0) is 0 Å². The molecular formula is C12H28N2. The summed E-state index contributed by atoms with van der Waals surface area (Å²) < 4.78 is 0. The summed E-state index contributed by atoms with van der Waals surface area (Å²) in [4.78, 5) is 2.45. The van der Waals surface area contributed by atoms with E-state index >= 15 is 0 Å². The molecule has 1 heterocycles. The fourth-order valence-electron chi connectivity index (χ4n) is 2.20. The van der Waals surface area contributed by atoms with Gasteiger partial charge in [0.15, 0.2) is 0 Å². The van der Waals surface area contributed by atoms with Crippen LogP contribution in [0.5, 0.6) is 0 Å². The molecule has 0 aromatic rings. The second-order valence-corrected chi connectivity index (χ2v) is 3.96. The van der Waals surface area contributed by atoms with Gasteiger partial charge in [-0.1, -0.05) is 34.1 Å². The van der Waals surface area contributed by atoms with E-state index in [4.69, 9.17) is 0 Å². The molecule has 1 fully saturated rings. The van der Waals surface area contributed by atoms with Gasteiger partial charge in [-0.2, -0.15) is 0 Å². The van der Waals surface area contributed by atoms with Gasteiger partial charge in [0.2, 0.25) is 0 Å². The summed E-state index contributed by atoms with van der Waals surface area (Å²) in [6, 6.07) is 0. The summed E-state index contributed by atoms with van der Waals surface area (Å²) in [6.45, 7) is 13.4. The summed E-state index contributed by atoms with van der Waals surface area (Å²) >= 11 is 0. The molecule has 1 rings (SSSR count). The van der Waals surface area contributed by atoms with Crippen LogP contribution in [0.4, 0.5) is 0 Å². The first kappa shape index (κ1) is 13.9. The minimum Gasteiger partial charge on any atom is -0.317 e. The molecule has 14 heavy (non-hydrogen) atoms. The van der Waals surface area contributed by atoms with E-state index in [0.29, 0.717) is 0 Å². The normalized spacial score (nSPS) is 27.2. The number of hydrogen-bond acceptors (Lipinski definition) is 2. The van der Waals surface area contributed by atoms with Crippen LogP contribution < -0.4 is 5.32 Å². The predicted octanol–water partition coefficient (Wildman–Crippen LogP) is 2.21. The second-order valence-electron chi connectivity index (χ2n) is 3.96. The summed E-state index contributed by atoms with van der Waals surface area (Å²) in [5.41, 5.74) is 0. The van der Waals surface area contributed by atoms with E-state index in [1.165, 1.54) is 26.1 Å². The van der Waals surface area contributed by atoms with Crippen molar-refractivity contribution in [2.45, 2.75) is 34.1 Å². The standard InChI is InChI=1S/C10H22N2.C2H6/c1-4-9-7-12(3)8-10(9)6-11-5-2;1-2/h9-11H,4-8H2,1-3H3;1-2H3/t9-,10+;/m1./s1. The zero-order valence-corrected chi connectivity index (χ0v) is 10.6. The maximum Gasteiger partial charge on any atom is 0.00220 e. The minimum atomic E-state index is 0.889. The summed E-state index contributed by atoms with van der Waals surface area (Å²) in [6.07, 6.45) is 1.33. The van der Waals surface area contributed by atoms with E-state index in [0.717, 1.165) is 18.4 Å². The summed E-state index contributed by atoms with van der Waals surface area (Å²) in [5.74, 6) is 1.81. The Hall–Kier alpha value is -0.0800. The smallest absolute Gasteiger partial charge is 0.00220 e. The Kier molecular flexibility index (Phi) is 8.20. The Morgan fingerprint density at radius 2 is 1.71 bits per heavy atom. The van der Waals surface area contributed by atoms with Gasteiger partial charge in [-0.25, -0.2) is 0 Å². The third-order valence-corrected chi connectivity index (χ3v) is 2.94. The van der Waals surface area contributed by atoms with Gasteiger partial charge in [0.25, 0.3) is 0 Å². The molecule has 0 aromatic heterocycles. The van der Waals surface area contributed by atoms with Gasteiger partial charge in [0.1, 0.15) is 0 Å². The first-order valence-corrected chi connectivity index (χ1v) is 6.17. The lowest BCUT2D eigenvalue weighted by Crippen LogP contribution is -2.27. The minimum absolute atomic E-state index is 0.889. The summed E-state index contributed by atoms with van der Waals surface area (Å²) in [7, 11) is 2.23. The van der Waals surface area contributed by atoms with Crippen molar-refractivity contribution in [3.05, 3.63) is 0 Å². The highest BCUT2D eigenvalue weighted by Gasteiger charge is 2.28. The van der Waals surface area contributed by atoms with Gasteiger partial charge < -0.3 is 10.2 Å². The van der Waals surface area contributed by atoms with Crippen molar-refractivity contribution < 1.29 is 0 Å². The number of hydrogen-bond donors (Lipinski definition) is 1. The van der Waals surface area contributed by atoms with Crippen molar-refractivity contribution in [1.82, 2.24) is 10.2 Å². The van der Waals surface area contributed by atoms with Gasteiger partial charge in [-0.3, -0.25) is 0 Å². The third-order valence-electron chi connectivity index (χ3n) is 2.94. The molecule has 0 aromatic carbocycles. The van der Waals surface area contributed by atoms with Crippen LogP contribution in [0, 0.1) is 11.8 Å². The molecule has 0 aliphatic carbocycles. The quantitative estimate of drug-likeness (QED) is 0.748. The van der Waals surface area contributed by atoms with Crippen molar-refractivity contribution in [2.24, 2.45) is 11.8 Å². The topological polar surface area (TPSA) is 15.3 Å². The number of nitrogens with zero attached hydrogens (tertiary/aromatic N) is 1. The molecule has 2 nitrogen and oxygen atoms in total. The molecule has 86 valence electrons. The molecule has 0 saturated carbocycles. The highest BCUT2D eigenvalue weighted by atomic mass is 15.1. The van der Waals surface area contributed by atoms with E-state index in [1.807, 2.05) is 13.8 Å². The van der Waals surface area contributed by atoms with Gasteiger partial charge in [0, 0.05) is 13.1 Å². The van der Waals surface area contributed by atoms with Crippen LogP contribution in [0.1, 0.15) is 34.1 Å². The van der Waals surface area contributed by atoms with Gasteiger partial charge in [0.05, 0.1) is 0 Å². The molecule has 1 aliphatic heterocycles. The highest BCUT2D eigenvalue weighted by Crippen LogP contribution is 2.23. The van der Waals surface area contributed by atoms with Crippen molar-refractivity contribution in [1.29, 1.82) is 0 Å². The maximum atomic E-state index is 3.45. The Balaban J connectivity index is 0.000000791. The van der Waals surface area contributed by atoms with Crippen LogP contribution >= 0.6 is 0 Å². The first-order chi connectivity index (χ1) is 6.77.